The second kappa shape index (κ2) is 7.91. The number of ketones is 1. The van der Waals surface area contributed by atoms with Crippen molar-refractivity contribution in [2.45, 2.75) is 39.2 Å². The maximum Gasteiger partial charge on any atom is 0.410 e. The molecule has 2 rings (SSSR count). The summed E-state index contributed by atoms with van der Waals surface area (Å²) >= 11 is 5.81. The molecule has 0 aliphatic carbocycles. The zero-order valence-electron chi connectivity index (χ0n) is 14.8. The Hall–Kier alpha value is -2.01. The maximum atomic E-state index is 12.4. The van der Waals surface area contributed by atoms with E-state index in [1.165, 1.54) is 6.08 Å². The van der Waals surface area contributed by atoms with Gasteiger partial charge in [-0.25, -0.2) is 4.79 Å². The molecule has 0 saturated carbocycles. The number of rotatable bonds is 3. The van der Waals surface area contributed by atoms with Crippen molar-refractivity contribution in [1.29, 1.82) is 0 Å². The van der Waals surface area contributed by atoms with Crippen LogP contribution in [0, 0.1) is 5.92 Å². The summed E-state index contributed by atoms with van der Waals surface area (Å²) in [5.41, 5.74) is 0.0144. The van der Waals surface area contributed by atoms with Gasteiger partial charge < -0.3 is 14.7 Å². The summed E-state index contributed by atoms with van der Waals surface area (Å²) in [5.74, 6) is -0.402. The normalized spacial score (nSPS) is 16.6. The summed E-state index contributed by atoms with van der Waals surface area (Å²) in [7, 11) is 0. The van der Waals surface area contributed by atoms with E-state index < -0.39 is 5.60 Å². The molecule has 1 heterocycles. The molecule has 0 aromatic heterocycles. The predicted octanol–water partition coefficient (Wildman–Crippen LogP) is 4.46. The van der Waals surface area contributed by atoms with Gasteiger partial charge in [0.05, 0.1) is 0 Å². The fourth-order valence-corrected chi connectivity index (χ4v) is 2.76. The third kappa shape index (κ3) is 5.78. The van der Waals surface area contributed by atoms with Crippen LogP contribution < -0.4 is 0 Å². The van der Waals surface area contributed by atoms with E-state index in [-0.39, 0.29) is 23.6 Å². The van der Waals surface area contributed by atoms with Crippen LogP contribution in [-0.4, -0.2) is 40.6 Å². The van der Waals surface area contributed by atoms with Crippen LogP contribution in [0.2, 0.25) is 5.02 Å². The predicted molar refractivity (Wildman–Crippen MR) is 97.6 cm³/mol. The number of allylic oxidation sites excluding steroid dienone is 1. The van der Waals surface area contributed by atoms with Gasteiger partial charge in [-0.3, -0.25) is 4.79 Å². The minimum atomic E-state index is -0.531. The van der Waals surface area contributed by atoms with Gasteiger partial charge in [-0.1, -0.05) is 11.6 Å². The van der Waals surface area contributed by atoms with E-state index in [1.54, 1.807) is 29.2 Å². The monoisotopic (exact) mass is 365 g/mol. The number of nitrogens with zero attached hydrogens (tertiary/aromatic N) is 1. The number of aliphatic hydroxyl groups excluding tert-OH is 1. The van der Waals surface area contributed by atoms with Crippen molar-refractivity contribution in [1.82, 2.24) is 4.90 Å². The molecule has 136 valence electrons. The quantitative estimate of drug-likeness (QED) is 0.634. The molecule has 0 unspecified atom stereocenters. The minimum absolute atomic E-state index is 0.0729. The Bertz CT molecular complexity index is 653. The van der Waals surface area contributed by atoms with Crippen molar-refractivity contribution in [3.63, 3.8) is 0 Å². The summed E-state index contributed by atoms with van der Waals surface area (Å²) in [6.45, 7) is 6.42. The second-order valence-corrected chi connectivity index (χ2v) is 7.62. The first kappa shape index (κ1) is 19.3. The molecule has 0 atom stereocenters. The molecule has 5 nitrogen and oxygen atoms in total. The molecule has 1 aromatic carbocycles. The molecule has 6 heteroatoms. The first-order valence-electron chi connectivity index (χ1n) is 8.34. The zero-order chi connectivity index (χ0) is 18.6. The molecule has 25 heavy (non-hydrogen) atoms. The Balaban J connectivity index is 1.91. The van der Waals surface area contributed by atoms with Crippen LogP contribution >= 0.6 is 11.6 Å². The summed E-state index contributed by atoms with van der Waals surface area (Å²) in [5, 5.41) is 10.7. The topological polar surface area (TPSA) is 66.8 Å². The summed E-state index contributed by atoms with van der Waals surface area (Å²) in [4.78, 5) is 26.0. The molecular formula is C19H24ClNO4. The van der Waals surface area contributed by atoms with Gasteiger partial charge in [-0.15, -0.1) is 0 Å². The van der Waals surface area contributed by atoms with Crippen molar-refractivity contribution in [2.75, 3.05) is 13.1 Å². The highest BCUT2D eigenvalue weighted by molar-refractivity contribution is 6.30. The van der Waals surface area contributed by atoms with E-state index >= 15 is 0 Å². The maximum absolute atomic E-state index is 12.4. The first-order chi connectivity index (χ1) is 11.7. The lowest BCUT2D eigenvalue weighted by Crippen LogP contribution is -2.42. The van der Waals surface area contributed by atoms with E-state index in [4.69, 9.17) is 16.3 Å². The number of carbonyl (C=O) groups is 2. The van der Waals surface area contributed by atoms with Crippen LogP contribution in [-0.2, 0) is 9.53 Å². The largest absolute Gasteiger partial charge is 0.507 e. The van der Waals surface area contributed by atoms with Gasteiger partial charge in [-0.05, 0) is 57.9 Å². The molecule has 0 spiro atoms. The Kier molecular flexibility index (Phi) is 6.11. The summed E-state index contributed by atoms with van der Waals surface area (Å²) in [6, 6.07) is 6.63. The third-order valence-corrected chi connectivity index (χ3v) is 4.22. The highest BCUT2D eigenvalue weighted by atomic mass is 35.5. The number of aliphatic hydroxyl groups is 1. The van der Waals surface area contributed by atoms with Gasteiger partial charge in [0.15, 0.2) is 5.78 Å². The average Bonchev–Trinajstić information content (AvgIpc) is 2.54. The second-order valence-electron chi connectivity index (χ2n) is 7.18. The SMILES string of the molecule is CC(C)(C)OC(=O)N1CCC(C(=O)C=C(O)c2ccc(Cl)cc2)CC1. The minimum Gasteiger partial charge on any atom is -0.507 e. The number of likely N-dealkylation sites (tertiary alicyclic amines) is 1. The highest BCUT2D eigenvalue weighted by Gasteiger charge is 2.29. The lowest BCUT2D eigenvalue weighted by Gasteiger charge is -2.32. The van der Waals surface area contributed by atoms with Crippen molar-refractivity contribution in [3.8, 4) is 0 Å². The molecule has 1 saturated heterocycles. The Labute approximate surface area is 153 Å². The number of hydrogen-bond acceptors (Lipinski definition) is 4. The van der Waals surface area contributed by atoms with Gasteiger partial charge >= 0.3 is 6.09 Å². The summed E-state index contributed by atoms with van der Waals surface area (Å²) in [6.07, 6.45) is 2.03. The number of ether oxygens (including phenoxy) is 1. The van der Waals surface area contributed by atoms with Gasteiger partial charge in [0.1, 0.15) is 11.4 Å². The number of amides is 1. The number of benzene rings is 1. The molecule has 0 radical (unpaired) electrons. The number of halogens is 1. The van der Waals surface area contributed by atoms with Crippen molar-refractivity contribution in [3.05, 3.63) is 40.9 Å². The van der Waals surface area contributed by atoms with Crippen molar-refractivity contribution in [2.24, 2.45) is 5.92 Å². The van der Waals surface area contributed by atoms with E-state index in [2.05, 4.69) is 0 Å². The smallest absolute Gasteiger partial charge is 0.410 e. The molecule has 1 amide bonds. The molecule has 1 fully saturated rings. The average molecular weight is 366 g/mol. The molecule has 0 bridgehead atoms. The Morgan fingerprint density at radius 3 is 2.28 bits per heavy atom. The summed E-state index contributed by atoms with van der Waals surface area (Å²) < 4.78 is 5.34. The fraction of sp³-hybridized carbons (Fsp3) is 0.474. The third-order valence-electron chi connectivity index (χ3n) is 3.97. The molecule has 1 aliphatic rings. The Morgan fingerprint density at radius 2 is 1.76 bits per heavy atom. The van der Waals surface area contributed by atoms with Gasteiger partial charge in [-0.2, -0.15) is 0 Å². The van der Waals surface area contributed by atoms with E-state index in [0.29, 0.717) is 36.5 Å². The van der Waals surface area contributed by atoms with E-state index in [1.807, 2.05) is 20.8 Å². The number of piperidine rings is 1. The molecular weight excluding hydrogens is 342 g/mol. The van der Waals surface area contributed by atoms with E-state index in [9.17, 15) is 14.7 Å². The first-order valence-corrected chi connectivity index (χ1v) is 8.72. The lowest BCUT2D eigenvalue weighted by molar-refractivity contribution is -0.119. The number of carbonyl (C=O) groups excluding carboxylic acids is 2. The van der Waals surface area contributed by atoms with Gasteiger partial charge in [0, 0.05) is 35.7 Å². The van der Waals surface area contributed by atoms with Crippen molar-refractivity contribution >= 4 is 29.2 Å². The van der Waals surface area contributed by atoms with Crippen LogP contribution in [0.1, 0.15) is 39.2 Å². The Morgan fingerprint density at radius 1 is 1.20 bits per heavy atom. The van der Waals surface area contributed by atoms with Gasteiger partial charge in [0.25, 0.3) is 0 Å². The van der Waals surface area contributed by atoms with Crippen LogP contribution in [0.3, 0.4) is 0 Å². The van der Waals surface area contributed by atoms with Crippen LogP contribution in [0.4, 0.5) is 4.79 Å². The molecule has 1 aliphatic heterocycles. The standard InChI is InChI=1S/C19H24ClNO4/c1-19(2,3)25-18(24)21-10-8-14(9-11-21)17(23)12-16(22)13-4-6-15(20)7-5-13/h4-7,12,14,22H,8-11H2,1-3H3. The zero-order valence-corrected chi connectivity index (χ0v) is 15.5. The molecule has 1 aromatic rings. The van der Waals surface area contributed by atoms with Crippen LogP contribution in [0.5, 0.6) is 0 Å². The fourth-order valence-electron chi connectivity index (χ4n) is 2.63. The molecule has 1 N–H and O–H groups in total. The number of hydrogen-bond donors (Lipinski definition) is 1. The van der Waals surface area contributed by atoms with Crippen molar-refractivity contribution < 1.29 is 19.4 Å². The highest BCUT2D eigenvalue weighted by Crippen LogP contribution is 2.23. The van der Waals surface area contributed by atoms with E-state index in [0.717, 1.165) is 0 Å². The van der Waals surface area contributed by atoms with Gasteiger partial charge in [0.2, 0.25) is 0 Å². The van der Waals surface area contributed by atoms with Crippen LogP contribution in [0.15, 0.2) is 30.3 Å². The van der Waals surface area contributed by atoms with Crippen LogP contribution in [0.25, 0.3) is 5.76 Å². The lowest BCUT2D eigenvalue weighted by atomic mass is 9.92.